The van der Waals surface area contributed by atoms with Crippen LogP contribution in [0.4, 0.5) is 5.69 Å². The second-order valence-electron chi connectivity index (χ2n) is 8.43. The molecule has 0 fully saturated rings. The molecule has 168 valence electrons. The van der Waals surface area contributed by atoms with Crippen LogP contribution in [0.3, 0.4) is 0 Å². The second kappa shape index (κ2) is 9.79. The number of pyridine rings is 1. The SMILES string of the molecule is C=Cc1nccc(-c2cnn3cc(-c4ccc(NC(C)CC(C)CN)cc4)cnc23)c1C=C. The average Bonchev–Trinajstić information content (AvgIpc) is 3.26. The lowest BCUT2D eigenvalue weighted by Gasteiger charge is -2.18. The minimum absolute atomic E-state index is 0.366. The molecule has 0 amide bonds. The third kappa shape index (κ3) is 4.71. The fourth-order valence-electron chi connectivity index (χ4n) is 4.12. The van der Waals surface area contributed by atoms with Gasteiger partial charge in [-0.15, -0.1) is 0 Å². The summed E-state index contributed by atoms with van der Waals surface area (Å²) in [5.41, 5.74) is 13.3. The van der Waals surface area contributed by atoms with Crippen molar-refractivity contribution in [1.82, 2.24) is 19.6 Å². The van der Waals surface area contributed by atoms with Crippen molar-refractivity contribution in [3.05, 3.63) is 79.5 Å². The van der Waals surface area contributed by atoms with Crippen LogP contribution in [-0.2, 0) is 0 Å². The Labute approximate surface area is 194 Å². The van der Waals surface area contributed by atoms with Crippen LogP contribution >= 0.6 is 0 Å². The van der Waals surface area contributed by atoms with Gasteiger partial charge in [0.15, 0.2) is 5.65 Å². The molecule has 6 nitrogen and oxygen atoms in total. The first-order valence-corrected chi connectivity index (χ1v) is 11.2. The van der Waals surface area contributed by atoms with Gasteiger partial charge in [0.05, 0.1) is 11.9 Å². The first-order chi connectivity index (χ1) is 16.0. The van der Waals surface area contributed by atoms with Gasteiger partial charge >= 0.3 is 0 Å². The van der Waals surface area contributed by atoms with E-state index in [0.717, 1.165) is 51.3 Å². The molecule has 3 N–H and O–H groups in total. The zero-order valence-electron chi connectivity index (χ0n) is 19.2. The Morgan fingerprint density at radius 1 is 1.00 bits per heavy atom. The summed E-state index contributed by atoms with van der Waals surface area (Å²) in [6.45, 7) is 12.9. The molecule has 33 heavy (non-hydrogen) atoms. The zero-order valence-corrected chi connectivity index (χ0v) is 19.2. The maximum Gasteiger partial charge on any atom is 0.162 e. The molecule has 0 radical (unpaired) electrons. The van der Waals surface area contributed by atoms with Gasteiger partial charge in [0, 0.05) is 47.0 Å². The number of rotatable bonds is 9. The van der Waals surface area contributed by atoms with Crippen molar-refractivity contribution in [3.63, 3.8) is 0 Å². The molecule has 0 saturated heterocycles. The molecule has 3 aromatic heterocycles. The number of hydrogen-bond acceptors (Lipinski definition) is 5. The molecule has 4 rings (SSSR count). The van der Waals surface area contributed by atoms with E-state index in [0.29, 0.717) is 18.5 Å². The summed E-state index contributed by atoms with van der Waals surface area (Å²) < 4.78 is 1.81. The van der Waals surface area contributed by atoms with Crippen molar-refractivity contribution in [3.8, 4) is 22.3 Å². The molecule has 0 aliphatic rings. The summed E-state index contributed by atoms with van der Waals surface area (Å²) in [5.74, 6) is 0.501. The lowest BCUT2D eigenvalue weighted by atomic mass is 10.0. The van der Waals surface area contributed by atoms with Gasteiger partial charge in [0.1, 0.15) is 0 Å². The van der Waals surface area contributed by atoms with Crippen LogP contribution < -0.4 is 11.1 Å². The van der Waals surface area contributed by atoms with Gasteiger partial charge in [-0.25, -0.2) is 9.50 Å². The molecule has 0 bridgehead atoms. The largest absolute Gasteiger partial charge is 0.383 e. The van der Waals surface area contributed by atoms with Gasteiger partial charge in [0.2, 0.25) is 0 Å². The van der Waals surface area contributed by atoms with Gasteiger partial charge in [-0.2, -0.15) is 5.10 Å². The van der Waals surface area contributed by atoms with Crippen LogP contribution in [0.1, 0.15) is 31.5 Å². The Balaban J connectivity index is 1.59. The van der Waals surface area contributed by atoms with Crippen molar-refractivity contribution < 1.29 is 0 Å². The Hall–Kier alpha value is -3.77. The van der Waals surface area contributed by atoms with Crippen LogP contribution in [0.25, 0.3) is 40.1 Å². The van der Waals surface area contributed by atoms with Crippen molar-refractivity contribution in [2.45, 2.75) is 26.3 Å². The molecule has 0 spiro atoms. The molecule has 1 aromatic carbocycles. The molecule has 0 aliphatic heterocycles. The molecule has 0 aliphatic carbocycles. The Kier molecular flexibility index (Phi) is 6.66. The molecule has 6 heteroatoms. The summed E-state index contributed by atoms with van der Waals surface area (Å²) in [5, 5.41) is 8.10. The molecule has 3 heterocycles. The lowest BCUT2D eigenvalue weighted by molar-refractivity contribution is 0.507. The fourth-order valence-corrected chi connectivity index (χ4v) is 4.12. The predicted molar refractivity (Wildman–Crippen MR) is 138 cm³/mol. The number of aromatic nitrogens is 4. The highest BCUT2D eigenvalue weighted by Gasteiger charge is 2.14. The Bertz CT molecular complexity index is 1270. The van der Waals surface area contributed by atoms with Gasteiger partial charge in [0.25, 0.3) is 0 Å². The normalized spacial score (nSPS) is 12.9. The Morgan fingerprint density at radius 2 is 1.79 bits per heavy atom. The molecule has 4 aromatic rings. The maximum absolute atomic E-state index is 5.75. The van der Waals surface area contributed by atoms with E-state index in [9.17, 15) is 0 Å². The van der Waals surface area contributed by atoms with E-state index < -0.39 is 0 Å². The minimum Gasteiger partial charge on any atom is -0.383 e. The standard InChI is InChI=1S/C27H30N6/c1-5-23-24(11-12-29-26(23)6-2)25-16-31-33-17-21(15-30-27(25)33)20-7-9-22(10-8-20)32-19(4)13-18(3)14-28/h5-12,15-19,32H,1-2,13-14,28H2,3-4H3. The van der Waals surface area contributed by atoms with Crippen LogP contribution in [0.2, 0.25) is 0 Å². The topological polar surface area (TPSA) is 81.1 Å². The van der Waals surface area contributed by atoms with Crippen molar-refractivity contribution >= 4 is 23.5 Å². The summed E-state index contributed by atoms with van der Waals surface area (Å²) in [4.78, 5) is 9.10. The third-order valence-corrected chi connectivity index (χ3v) is 5.85. The van der Waals surface area contributed by atoms with Crippen LogP contribution in [-0.4, -0.2) is 32.2 Å². The van der Waals surface area contributed by atoms with Crippen LogP contribution in [0.15, 0.2) is 68.3 Å². The van der Waals surface area contributed by atoms with Gasteiger partial charge in [-0.05, 0) is 61.2 Å². The van der Waals surface area contributed by atoms with E-state index in [1.165, 1.54) is 0 Å². The number of nitrogens with two attached hydrogens (primary N) is 1. The monoisotopic (exact) mass is 438 g/mol. The van der Waals surface area contributed by atoms with E-state index in [4.69, 9.17) is 10.7 Å². The highest BCUT2D eigenvalue weighted by molar-refractivity contribution is 5.85. The quantitative estimate of drug-likeness (QED) is 0.359. The van der Waals surface area contributed by atoms with E-state index in [1.54, 1.807) is 18.3 Å². The second-order valence-corrected chi connectivity index (χ2v) is 8.43. The van der Waals surface area contributed by atoms with E-state index >= 15 is 0 Å². The first kappa shape index (κ1) is 22.4. The highest BCUT2D eigenvalue weighted by atomic mass is 15.2. The molecular formula is C27H30N6. The van der Waals surface area contributed by atoms with Gasteiger partial charge < -0.3 is 11.1 Å². The van der Waals surface area contributed by atoms with Gasteiger partial charge in [-0.3, -0.25) is 4.98 Å². The van der Waals surface area contributed by atoms with Gasteiger partial charge in [-0.1, -0.05) is 38.3 Å². The summed E-state index contributed by atoms with van der Waals surface area (Å²) in [6, 6.07) is 10.7. The molecule has 0 saturated carbocycles. The van der Waals surface area contributed by atoms with Crippen molar-refractivity contribution in [1.29, 1.82) is 0 Å². The fraction of sp³-hybridized carbons (Fsp3) is 0.222. The molecule has 2 unspecified atom stereocenters. The lowest BCUT2D eigenvalue weighted by Crippen LogP contribution is -2.22. The third-order valence-electron chi connectivity index (χ3n) is 5.85. The summed E-state index contributed by atoms with van der Waals surface area (Å²) in [6.07, 6.45) is 12.1. The maximum atomic E-state index is 5.75. The average molecular weight is 439 g/mol. The van der Waals surface area contributed by atoms with Crippen molar-refractivity contribution in [2.24, 2.45) is 11.7 Å². The van der Waals surface area contributed by atoms with E-state index in [2.05, 4.69) is 66.7 Å². The number of nitrogens with zero attached hydrogens (tertiary/aromatic N) is 4. The summed E-state index contributed by atoms with van der Waals surface area (Å²) in [7, 11) is 0. The number of hydrogen-bond donors (Lipinski definition) is 2. The number of fused-ring (bicyclic) bond motifs is 1. The van der Waals surface area contributed by atoms with Crippen molar-refractivity contribution in [2.75, 3.05) is 11.9 Å². The van der Waals surface area contributed by atoms with E-state index in [1.807, 2.05) is 29.2 Å². The highest BCUT2D eigenvalue weighted by Crippen LogP contribution is 2.30. The predicted octanol–water partition coefficient (Wildman–Crippen LogP) is 5.53. The number of benzene rings is 1. The smallest absolute Gasteiger partial charge is 0.162 e. The number of nitrogens with one attached hydrogen (secondary N) is 1. The van der Waals surface area contributed by atoms with Crippen LogP contribution in [0.5, 0.6) is 0 Å². The summed E-state index contributed by atoms with van der Waals surface area (Å²) >= 11 is 0. The number of anilines is 1. The van der Waals surface area contributed by atoms with Crippen LogP contribution in [0, 0.1) is 5.92 Å². The first-order valence-electron chi connectivity index (χ1n) is 11.2. The Morgan fingerprint density at radius 3 is 2.48 bits per heavy atom. The molecular weight excluding hydrogens is 408 g/mol. The minimum atomic E-state index is 0.366. The zero-order chi connectivity index (χ0) is 23.4. The van der Waals surface area contributed by atoms with E-state index in [-0.39, 0.29) is 0 Å². The molecule has 2 atom stereocenters.